The van der Waals surface area contributed by atoms with Crippen LogP contribution in [0.2, 0.25) is 0 Å². The summed E-state index contributed by atoms with van der Waals surface area (Å²) in [5.74, 6) is 1.93. The van der Waals surface area contributed by atoms with Crippen LogP contribution in [0.25, 0.3) is 78.7 Å². The molecule has 3 nitrogen and oxygen atoms in total. The Bertz CT molecular complexity index is 3090. The molecule has 11 rings (SSSR count). The highest BCUT2D eigenvalue weighted by Crippen LogP contribution is 2.56. The Morgan fingerprint density at radius 1 is 0.230 bits per heavy atom. The molecule has 0 spiro atoms. The van der Waals surface area contributed by atoms with Crippen LogP contribution in [0.3, 0.4) is 0 Å². The highest BCUT2D eigenvalue weighted by atomic mass is 15.0. The first-order valence-electron chi connectivity index (χ1n) is 20.8. The molecule has 61 heavy (non-hydrogen) atoms. The van der Waals surface area contributed by atoms with Gasteiger partial charge in [-0.2, -0.15) is 0 Å². The van der Waals surface area contributed by atoms with Crippen molar-refractivity contribution in [2.24, 2.45) is 0 Å². The van der Waals surface area contributed by atoms with Crippen LogP contribution < -0.4 is 0 Å². The van der Waals surface area contributed by atoms with E-state index >= 15 is 0 Å². The van der Waals surface area contributed by atoms with Gasteiger partial charge in [-0.3, -0.25) is 0 Å². The fraction of sp³-hybridized carbons (Fsp3) is 0.0172. The van der Waals surface area contributed by atoms with Crippen molar-refractivity contribution >= 4 is 0 Å². The van der Waals surface area contributed by atoms with Crippen molar-refractivity contribution in [3.63, 3.8) is 0 Å². The van der Waals surface area contributed by atoms with Crippen molar-refractivity contribution in [2.45, 2.75) is 5.41 Å². The van der Waals surface area contributed by atoms with Gasteiger partial charge in [0, 0.05) is 16.7 Å². The lowest BCUT2D eigenvalue weighted by molar-refractivity contribution is 0.768. The van der Waals surface area contributed by atoms with Crippen molar-refractivity contribution in [3.8, 4) is 78.7 Å². The number of rotatable bonds is 8. The van der Waals surface area contributed by atoms with Gasteiger partial charge in [0.25, 0.3) is 0 Å². The monoisotopic (exact) mass is 777 g/mol. The van der Waals surface area contributed by atoms with Crippen LogP contribution in [-0.2, 0) is 5.41 Å². The maximum atomic E-state index is 5.01. The third-order valence-electron chi connectivity index (χ3n) is 12.1. The van der Waals surface area contributed by atoms with Crippen LogP contribution in [0.1, 0.15) is 22.3 Å². The molecular weight excluding hydrogens is 739 g/mol. The van der Waals surface area contributed by atoms with Crippen molar-refractivity contribution < 1.29 is 0 Å². The third-order valence-corrected chi connectivity index (χ3v) is 12.1. The highest BCUT2D eigenvalue weighted by Gasteiger charge is 2.45. The molecule has 9 aromatic carbocycles. The molecule has 0 unspecified atom stereocenters. The predicted molar refractivity (Wildman–Crippen MR) is 250 cm³/mol. The van der Waals surface area contributed by atoms with Crippen LogP contribution in [0.5, 0.6) is 0 Å². The minimum absolute atomic E-state index is 0.400. The van der Waals surface area contributed by atoms with Gasteiger partial charge in [-0.25, -0.2) is 15.0 Å². The summed E-state index contributed by atoms with van der Waals surface area (Å²) in [7, 11) is 0. The minimum Gasteiger partial charge on any atom is -0.208 e. The molecule has 1 aromatic heterocycles. The molecule has 3 heteroatoms. The van der Waals surface area contributed by atoms with Gasteiger partial charge in [0.2, 0.25) is 0 Å². The molecule has 1 heterocycles. The van der Waals surface area contributed by atoms with Gasteiger partial charge in [-0.15, -0.1) is 0 Å². The van der Waals surface area contributed by atoms with Gasteiger partial charge in [0.05, 0.1) is 5.41 Å². The second-order valence-corrected chi connectivity index (χ2v) is 15.6. The quantitative estimate of drug-likeness (QED) is 0.154. The Kier molecular flexibility index (Phi) is 9.05. The van der Waals surface area contributed by atoms with Crippen molar-refractivity contribution in [2.75, 3.05) is 0 Å². The molecule has 0 amide bonds. The zero-order valence-electron chi connectivity index (χ0n) is 33.4. The summed E-state index contributed by atoms with van der Waals surface area (Å²) >= 11 is 0. The Balaban J connectivity index is 0.909. The molecule has 0 saturated heterocycles. The normalized spacial score (nSPS) is 12.4. The van der Waals surface area contributed by atoms with E-state index in [1.165, 1.54) is 50.1 Å². The maximum Gasteiger partial charge on any atom is 0.164 e. The van der Waals surface area contributed by atoms with E-state index in [2.05, 4.69) is 200 Å². The van der Waals surface area contributed by atoms with Gasteiger partial charge in [-0.05, 0) is 72.8 Å². The smallest absolute Gasteiger partial charge is 0.164 e. The SMILES string of the molecule is c1ccc(-c2ccc(-c3nc(-c4ccccc4)nc(-c4ccc(-c5ccc(-c6ccc7c(c6)-c6ccccc6C7(c6ccccc6)c6ccccc6)cc5)cc4)n3)cc2)cc1. The van der Waals surface area contributed by atoms with Gasteiger partial charge in [0.1, 0.15) is 0 Å². The fourth-order valence-corrected chi connectivity index (χ4v) is 9.09. The zero-order chi connectivity index (χ0) is 40.6. The highest BCUT2D eigenvalue weighted by molar-refractivity contribution is 5.89. The summed E-state index contributed by atoms with van der Waals surface area (Å²) in [5, 5.41) is 0. The van der Waals surface area contributed by atoms with E-state index in [9.17, 15) is 0 Å². The van der Waals surface area contributed by atoms with E-state index in [-0.39, 0.29) is 0 Å². The van der Waals surface area contributed by atoms with E-state index in [0.29, 0.717) is 17.5 Å². The van der Waals surface area contributed by atoms with Crippen LogP contribution in [-0.4, -0.2) is 15.0 Å². The number of hydrogen-bond donors (Lipinski definition) is 0. The van der Waals surface area contributed by atoms with Crippen LogP contribution in [0, 0.1) is 0 Å². The van der Waals surface area contributed by atoms with Crippen LogP contribution >= 0.6 is 0 Å². The Hall–Kier alpha value is -8.01. The molecule has 1 aliphatic rings. The summed E-state index contributed by atoms with van der Waals surface area (Å²) in [6.07, 6.45) is 0. The number of aromatic nitrogens is 3. The molecule has 10 aromatic rings. The molecule has 0 fully saturated rings. The minimum atomic E-state index is -0.400. The van der Waals surface area contributed by atoms with E-state index in [1.807, 2.05) is 36.4 Å². The number of nitrogens with zero attached hydrogens (tertiary/aromatic N) is 3. The summed E-state index contributed by atoms with van der Waals surface area (Å²) in [6.45, 7) is 0. The predicted octanol–water partition coefficient (Wildman–Crippen LogP) is 14.2. The first-order chi connectivity index (χ1) is 30.2. The largest absolute Gasteiger partial charge is 0.208 e. The lowest BCUT2D eigenvalue weighted by Gasteiger charge is -2.33. The molecule has 0 bridgehead atoms. The maximum absolute atomic E-state index is 5.01. The van der Waals surface area contributed by atoms with Gasteiger partial charge >= 0.3 is 0 Å². The molecule has 0 aliphatic heterocycles. The average Bonchev–Trinajstić information content (AvgIpc) is 3.65. The van der Waals surface area contributed by atoms with E-state index < -0.39 is 5.41 Å². The number of hydrogen-bond acceptors (Lipinski definition) is 3. The lowest BCUT2D eigenvalue weighted by Crippen LogP contribution is -2.28. The van der Waals surface area contributed by atoms with Crippen molar-refractivity contribution in [1.29, 1.82) is 0 Å². The van der Waals surface area contributed by atoms with E-state index in [0.717, 1.165) is 33.4 Å². The Morgan fingerprint density at radius 2 is 0.541 bits per heavy atom. The molecule has 286 valence electrons. The molecule has 0 radical (unpaired) electrons. The van der Waals surface area contributed by atoms with E-state index in [4.69, 9.17) is 15.0 Å². The first-order valence-corrected chi connectivity index (χ1v) is 20.8. The molecule has 1 aliphatic carbocycles. The molecule has 0 N–H and O–H groups in total. The first kappa shape index (κ1) is 36.1. The van der Waals surface area contributed by atoms with Crippen LogP contribution in [0.4, 0.5) is 0 Å². The van der Waals surface area contributed by atoms with Gasteiger partial charge in [0.15, 0.2) is 17.5 Å². The standard InChI is InChI=1S/C58H39N3/c1-5-15-40(16-6-1)41-29-33-46(34-30-41)56-59-55(45-17-7-2-8-18-45)60-57(61-56)47-35-31-43(32-36-47)42-25-27-44(28-26-42)48-37-38-54-52(39-48)51-23-13-14-24-53(51)58(54,49-19-9-3-10-20-49)50-21-11-4-12-22-50/h1-39H. The Labute approximate surface area is 356 Å². The number of benzene rings is 9. The summed E-state index contributed by atoms with van der Waals surface area (Å²) in [4.78, 5) is 14.9. The second-order valence-electron chi connectivity index (χ2n) is 15.6. The average molecular weight is 778 g/mol. The van der Waals surface area contributed by atoms with Gasteiger partial charge in [-0.1, -0.05) is 231 Å². The summed E-state index contributed by atoms with van der Waals surface area (Å²) in [5.41, 5.74) is 17.1. The van der Waals surface area contributed by atoms with E-state index in [1.54, 1.807) is 0 Å². The Morgan fingerprint density at radius 3 is 1.02 bits per heavy atom. The second kappa shape index (κ2) is 15.3. The van der Waals surface area contributed by atoms with Gasteiger partial charge < -0.3 is 0 Å². The molecular formula is C58H39N3. The third kappa shape index (κ3) is 6.44. The van der Waals surface area contributed by atoms with Crippen molar-refractivity contribution in [1.82, 2.24) is 15.0 Å². The van der Waals surface area contributed by atoms with Crippen LogP contribution in [0.15, 0.2) is 237 Å². The lowest BCUT2D eigenvalue weighted by atomic mass is 9.67. The van der Waals surface area contributed by atoms with Crippen molar-refractivity contribution in [3.05, 3.63) is 259 Å². The molecule has 0 saturated carbocycles. The summed E-state index contributed by atoms with van der Waals surface area (Å²) in [6, 6.07) is 84.3. The molecule has 0 atom stereocenters. The zero-order valence-corrected chi connectivity index (χ0v) is 33.4. The number of fused-ring (bicyclic) bond motifs is 3. The topological polar surface area (TPSA) is 38.7 Å². The fourth-order valence-electron chi connectivity index (χ4n) is 9.09. The summed E-state index contributed by atoms with van der Waals surface area (Å²) < 4.78 is 0.